The highest BCUT2D eigenvalue weighted by Crippen LogP contribution is 2.27. The van der Waals surface area contributed by atoms with Crippen molar-refractivity contribution >= 4 is 33.1 Å². The Morgan fingerprint density at radius 2 is 2.15 bits per heavy atom. The van der Waals surface area contributed by atoms with Crippen LogP contribution < -0.4 is 10.5 Å². The lowest BCUT2D eigenvalue weighted by molar-refractivity contribution is 0.601. The molecule has 0 aliphatic heterocycles. The number of rotatable bonds is 4. The normalized spacial score (nSPS) is 11.6. The van der Waals surface area contributed by atoms with Crippen molar-refractivity contribution in [3.8, 4) is 0 Å². The Morgan fingerprint density at radius 1 is 1.45 bits per heavy atom. The van der Waals surface area contributed by atoms with Crippen molar-refractivity contribution in [2.75, 3.05) is 10.5 Å². The number of nitrogen functional groups attached to an aromatic ring is 1. The molecular formula is C12H15ClN4O2S. The van der Waals surface area contributed by atoms with Gasteiger partial charge in [0.15, 0.2) is 0 Å². The molecule has 2 aromatic rings. The van der Waals surface area contributed by atoms with Gasteiger partial charge in [-0.3, -0.25) is 9.82 Å². The van der Waals surface area contributed by atoms with Gasteiger partial charge in [0.1, 0.15) is 5.82 Å². The SMILES string of the molecule is CCc1cn[nH]c1NS(=O)(=O)c1cc(N)c(C)c(Cl)c1. The Kier molecular flexibility index (Phi) is 3.92. The molecule has 4 N–H and O–H groups in total. The summed E-state index contributed by atoms with van der Waals surface area (Å²) in [6.45, 7) is 3.63. The number of nitrogens with one attached hydrogen (secondary N) is 2. The second-order valence-electron chi connectivity index (χ2n) is 4.35. The van der Waals surface area contributed by atoms with Gasteiger partial charge >= 0.3 is 0 Å². The van der Waals surface area contributed by atoms with Gasteiger partial charge in [0.05, 0.1) is 11.1 Å². The molecule has 0 amide bonds. The van der Waals surface area contributed by atoms with Crippen molar-refractivity contribution in [3.05, 3.63) is 34.5 Å². The molecule has 0 radical (unpaired) electrons. The Balaban J connectivity index is 2.41. The van der Waals surface area contributed by atoms with Crippen LogP contribution in [0.4, 0.5) is 11.5 Å². The van der Waals surface area contributed by atoms with Gasteiger partial charge in [-0.1, -0.05) is 18.5 Å². The molecule has 0 saturated carbocycles. The second-order valence-corrected chi connectivity index (χ2v) is 6.44. The Morgan fingerprint density at radius 3 is 2.75 bits per heavy atom. The van der Waals surface area contributed by atoms with E-state index >= 15 is 0 Å². The van der Waals surface area contributed by atoms with Crippen LogP contribution >= 0.6 is 11.6 Å². The van der Waals surface area contributed by atoms with E-state index in [2.05, 4.69) is 14.9 Å². The van der Waals surface area contributed by atoms with E-state index in [1.54, 1.807) is 13.1 Å². The first-order valence-corrected chi connectivity index (χ1v) is 7.82. The van der Waals surface area contributed by atoms with Crippen LogP contribution in [0.1, 0.15) is 18.1 Å². The molecule has 6 nitrogen and oxygen atoms in total. The van der Waals surface area contributed by atoms with Gasteiger partial charge in [0, 0.05) is 16.3 Å². The van der Waals surface area contributed by atoms with Gasteiger partial charge in [-0.25, -0.2) is 8.42 Å². The molecule has 0 saturated heterocycles. The zero-order chi connectivity index (χ0) is 14.9. The quantitative estimate of drug-likeness (QED) is 0.754. The third-order valence-electron chi connectivity index (χ3n) is 3.00. The van der Waals surface area contributed by atoms with Crippen molar-refractivity contribution in [3.63, 3.8) is 0 Å². The summed E-state index contributed by atoms with van der Waals surface area (Å²) in [6.07, 6.45) is 2.24. The largest absolute Gasteiger partial charge is 0.398 e. The number of hydrogen-bond donors (Lipinski definition) is 3. The molecule has 1 aromatic carbocycles. The monoisotopic (exact) mass is 314 g/mol. The fourth-order valence-corrected chi connectivity index (χ4v) is 3.10. The minimum atomic E-state index is -3.76. The van der Waals surface area contributed by atoms with E-state index in [9.17, 15) is 8.42 Å². The summed E-state index contributed by atoms with van der Waals surface area (Å²) in [5.41, 5.74) is 7.51. The zero-order valence-corrected chi connectivity index (χ0v) is 12.6. The number of nitrogens with two attached hydrogens (primary N) is 1. The Bertz CT molecular complexity index is 717. The zero-order valence-electron chi connectivity index (χ0n) is 11.1. The third kappa shape index (κ3) is 2.73. The summed E-state index contributed by atoms with van der Waals surface area (Å²) >= 11 is 5.97. The van der Waals surface area contributed by atoms with Crippen LogP contribution in [0.25, 0.3) is 0 Å². The predicted octanol–water partition coefficient (Wildman–Crippen LogP) is 2.32. The number of nitrogens with zero attached hydrogens (tertiary/aromatic N) is 1. The highest BCUT2D eigenvalue weighted by Gasteiger charge is 2.19. The minimum Gasteiger partial charge on any atom is -0.398 e. The first-order valence-electron chi connectivity index (χ1n) is 5.96. The maximum atomic E-state index is 12.3. The first kappa shape index (κ1) is 14.7. The molecule has 0 atom stereocenters. The number of benzene rings is 1. The molecule has 0 aliphatic rings. The molecule has 0 unspecified atom stereocenters. The van der Waals surface area contributed by atoms with Gasteiger partial charge in [-0.2, -0.15) is 5.10 Å². The number of anilines is 2. The van der Waals surface area contributed by atoms with Crippen LogP contribution in [0.3, 0.4) is 0 Å². The molecule has 20 heavy (non-hydrogen) atoms. The van der Waals surface area contributed by atoms with Crippen molar-refractivity contribution in [1.82, 2.24) is 10.2 Å². The second kappa shape index (κ2) is 5.34. The maximum Gasteiger partial charge on any atom is 0.263 e. The molecule has 0 aliphatic carbocycles. The van der Waals surface area contributed by atoms with Gasteiger partial charge in [-0.15, -0.1) is 0 Å². The molecule has 0 bridgehead atoms. The predicted molar refractivity (Wildman–Crippen MR) is 79.4 cm³/mol. The number of aryl methyl sites for hydroxylation is 1. The first-order chi connectivity index (χ1) is 9.35. The summed E-state index contributed by atoms with van der Waals surface area (Å²) in [5.74, 6) is 0.350. The van der Waals surface area contributed by atoms with E-state index in [-0.39, 0.29) is 4.90 Å². The molecular weight excluding hydrogens is 300 g/mol. The number of aromatic amines is 1. The molecule has 2 rings (SSSR count). The van der Waals surface area contributed by atoms with Gasteiger partial charge in [0.25, 0.3) is 10.0 Å². The lowest BCUT2D eigenvalue weighted by atomic mass is 10.2. The van der Waals surface area contributed by atoms with Crippen LogP contribution in [0.5, 0.6) is 0 Å². The number of hydrogen-bond acceptors (Lipinski definition) is 4. The molecule has 0 fully saturated rings. The smallest absolute Gasteiger partial charge is 0.263 e. The van der Waals surface area contributed by atoms with Crippen molar-refractivity contribution in [2.24, 2.45) is 0 Å². The van der Waals surface area contributed by atoms with E-state index in [1.165, 1.54) is 12.1 Å². The number of sulfonamides is 1. The fourth-order valence-electron chi connectivity index (χ4n) is 1.69. The van der Waals surface area contributed by atoms with E-state index in [0.717, 1.165) is 5.56 Å². The molecule has 108 valence electrons. The summed E-state index contributed by atoms with van der Waals surface area (Å²) < 4.78 is 27.1. The molecule has 1 aromatic heterocycles. The van der Waals surface area contributed by atoms with E-state index in [0.29, 0.717) is 28.5 Å². The number of halogens is 1. The summed E-state index contributed by atoms with van der Waals surface area (Å²) in [7, 11) is -3.76. The van der Waals surface area contributed by atoms with Crippen LogP contribution in [0.15, 0.2) is 23.2 Å². The van der Waals surface area contributed by atoms with Crippen LogP contribution in [-0.4, -0.2) is 18.6 Å². The highest BCUT2D eigenvalue weighted by molar-refractivity contribution is 7.92. The van der Waals surface area contributed by atoms with Crippen LogP contribution in [0.2, 0.25) is 5.02 Å². The fraction of sp³-hybridized carbons (Fsp3) is 0.250. The Labute approximate surface area is 122 Å². The van der Waals surface area contributed by atoms with E-state index in [1.807, 2.05) is 6.92 Å². The van der Waals surface area contributed by atoms with Crippen LogP contribution in [0, 0.1) is 6.92 Å². The highest BCUT2D eigenvalue weighted by atomic mass is 35.5. The third-order valence-corrected chi connectivity index (χ3v) is 4.73. The number of aromatic nitrogens is 2. The maximum absolute atomic E-state index is 12.3. The summed E-state index contributed by atoms with van der Waals surface area (Å²) in [5, 5.41) is 6.75. The molecule has 0 spiro atoms. The lowest BCUT2D eigenvalue weighted by Gasteiger charge is -2.10. The van der Waals surface area contributed by atoms with Gasteiger partial charge < -0.3 is 5.73 Å². The minimum absolute atomic E-state index is 0.0160. The summed E-state index contributed by atoms with van der Waals surface area (Å²) in [4.78, 5) is 0.0160. The number of H-pyrrole nitrogens is 1. The molecule has 1 heterocycles. The average Bonchev–Trinajstić information content (AvgIpc) is 2.81. The molecule has 8 heteroatoms. The average molecular weight is 315 g/mol. The van der Waals surface area contributed by atoms with Crippen molar-refractivity contribution < 1.29 is 8.42 Å². The van der Waals surface area contributed by atoms with E-state index < -0.39 is 10.0 Å². The van der Waals surface area contributed by atoms with Crippen molar-refractivity contribution in [2.45, 2.75) is 25.2 Å². The van der Waals surface area contributed by atoms with Gasteiger partial charge in [-0.05, 0) is 31.0 Å². The van der Waals surface area contributed by atoms with E-state index in [4.69, 9.17) is 17.3 Å². The summed E-state index contributed by atoms with van der Waals surface area (Å²) in [6, 6.07) is 2.75. The lowest BCUT2D eigenvalue weighted by Crippen LogP contribution is -2.15. The van der Waals surface area contributed by atoms with Crippen LogP contribution in [-0.2, 0) is 16.4 Å². The Hall–Kier alpha value is -1.73. The standard InChI is InChI=1S/C12H15ClN4O2S/c1-3-8-6-15-16-12(8)17-20(18,19)9-4-10(13)7(2)11(14)5-9/h4-6H,3,14H2,1-2H3,(H2,15,16,17). The topological polar surface area (TPSA) is 101 Å². The van der Waals surface area contributed by atoms with Crippen molar-refractivity contribution in [1.29, 1.82) is 0 Å². The van der Waals surface area contributed by atoms with Gasteiger partial charge in [0.2, 0.25) is 0 Å².